The van der Waals surface area contributed by atoms with Gasteiger partial charge in [-0.1, -0.05) is 42.1 Å². The van der Waals surface area contributed by atoms with E-state index in [1.54, 1.807) is 42.7 Å². The molecule has 128 valence electrons. The molecular formula is C18H12N4O3S. The molecule has 1 aromatic carbocycles. The highest BCUT2D eigenvalue weighted by atomic mass is 32.2. The average molecular weight is 364 g/mol. The molecule has 2 heterocycles. The number of rotatable bonds is 4. The molecule has 3 aromatic rings. The molecule has 0 amide bonds. The highest BCUT2D eigenvalue weighted by Crippen LogP contribution is 2.25. The van der Waals surface area contributed by atoms with Crippen LogP contribution in [-0.4, -0.2) is 32.3 Å². The van der Waals surface area contributed by atoms with Crippen LogP contribution in [0.25, 0.3) is 22.5 Å². The summed E-state index contributed by atoms with van der Waals surface area (Å²) in [6, 6.07) is 13.6. The lowest BCUT2D eigenvalue weighted by Crippen LogP contribution is -2.14. The van der Waals surface area contributed by atoms with Gasteiger partial charge in [-0.25, -0.2) is 14.8 Å². The Morgan fingerprint density at radius 3 is 2.46 bits per heavy atom. The molecule has 0 bridgehead atoms. The maximum Gasteiger partial charge on any atom is 0.354 e. The first-order valence-corrected chi connectivity index (χ1v) is 8.65. The molecular weight excluding hydrogens is 352 g/mol. The third-order valence-corrected chi connectivity index (χ3v) is 4.21. The van der Waals surface area contributed by atoms with Crippen LogP contribution in [0.2, 0.25) is 0 Å². The lowest BCUT2D eigenvalue weighted by atomic mass is 10.0. The topological polar surface area (TPSA) is 120 Å². The Morgan fingerprint density at radius 1 is 1.15 bits per heavy atom. The number of hydrogen-bond donors (Lipinski definition) is 2. The standard InChI is InChI=1S/C18H12N4O3S/c1-26-18-21-15(12(9-19)16(23)22-18)11-7-5-10(6-8-11)13-3-2-4-14(20-13)17(24)25/h2-8H,1H3,(H,24,25)(H,21,22,23). The van der Waals surface area contributed by atoms with Crippen molar-refractivity contribution < 1.29 is 9.90 Å². The van der Waals surface area contributed by atoms with Crippen LogP contribution in [0.4, 0.5) is 0 Å². The first-order valence-electron chi connectivity index (χ1n) is 7.43. The van der Waals surface area contributed by atoms with Crippen molar-refractivity contribution in [1.82, 2.24) is 15.0 Å². The lowest BCUT2D eigenvalue weighted by molar-refractivity contribution is 0.0690. The van der Waals surface area contributed by atoms with Gasteiger partial charge in [0.15, 0.2) is 5.16 Å². The number of hydrogen-bond acceptors (Lipinski definition) is 6. The number of aromatic amines is 1. The zero-order chi connectivity index (χ0) is 18.7. The van der Waals surface area contributed by atoms with Crippen LogP contribution in [-0.2, 0) is 0 Å². The van der Waals surface area contributed by atoms with E-state index in [-0.39, 0.29) is 11.3 Å². The second-order valence-electron chi connectivity index (χ2n) is 5.20. The van der Waals surface area contributed by atoms with Gasteiger partial charge in [0.1, 0.15) is 17.3 Å². The molecule has 0 aliphatic rings. The van der Waals surface area contributed by atoms with E-state index >= 15 is 0 Å². The number of pyridine rings is 1. The van der Waals surface area contributed by atoms with Gasteiger partial charge in [-0.15, -0.1) is 0 Å². The van der Waals surface area contributed by atoms with Gasteiger partial charge < -0.3 is 10.1 Å². The number of nitriles is 1. The summed E-state index contributed by atoms with van der Waals surface area (Å²) in [6.45, 7) is 0. The second-order valence-corrected chi connectivity index (χ2v) is 6.00. The third kappa shape index (κ3) is 3.34. The molecule has 0 unspecified atom stereocenters. The maximum atomic E-state index is 12.0. The van der Waals surface area contributed by atoms with E-state index in [2.05, 4.69) is 15.0 Å². The predicted octanol–water partition coefficient (Wildman–Crippen LogP) is 2.79. The van der Waals surface area contributed by atoms with Crippen LogP contribution in [0, 0.1) is 11.3 Å². The van der Waals surface area contributed by atoms with Crippen molar-refractivity contribution in [3.05, 3.63) is 64.1 Å². The normalized spacial score (nSPS) is 10.3. The molecule has 2 aromatic heterocycles. The fraction of sp³-hybridized carbons (Fsp3) is 0.0556. The summed E-state index contributed by atoms with van der Waals surface area (Å²) in [5, 5.41) is 18.7. The van der Waals surface area contributed by atoms with E-state index in [0.29, 0.717) is 27.7 Å². The van der Waals surface area contributed by atoms with Gasteiger partial charge in [-0.3, -0.25) is 4.79 Å². The highest BCUT2D eigenvalue weighted by Gasteiger charge is 2.13. The summed E-state index contributed by atoms with van der Waals surface area (Å²) in [6.07, 6.45) is 1.78. The quantitative estimate of drug-likeness (QED) is 0.539. The number of aromatic nitrogens is 3. The van der Waals surface area contributed by atoms with Gasteiger partial charge in [0.05, 0.1) is 11.4 Å². The SMILES string of the molecule is CSc1nc(-c2ccc(-c3cccc(C(=O)O)n3)cc2)c(C#N)c(=O)[nH]1. The Labute approximate surface area is 152 Å². The summed E-state index contributed by atoms with van der Waals surface area (Å²) in [5.74, 6) is -1.10. The molecule has 0 aliphatic carbocycles. The Hall–Kier alpha value is -3.44. The number of thioether (sulfide) groups is 1. The maximum absolute atomic E-state index is 12.0. The number of carboxylic acid groups (broad SMARTS) is 1. The third-order valence-electron chi connectivity index (χ3n) is 3.63. The molecule has 8 heteroatoms. The van der Waals surface area contributed by atoms with Crippen LogP contribution >= 0.6 is 11.8 Å². The molecule has 3 rings (SSSR count). The number of carbonyl (C=O) groups is 1. The minimum Gasteiger partial charge on any atom is -0.477 e. The van der Waals surface area contributed by atoms with Crippen molar-refractivity contribution in [2.45, 2.75) is 5.16 Å². The van der Waals surface area contributed by atoms with Gasteiger partial charge in [0.2, 0.25) is 0 Å². The Morgan fingerprint density at radius 2 is 1.85 bits per heavy atom. The van der Waals surface area contributed by atoms with E-state index in [4.69, 9.17) is 5.11 Å². The Balaban J connectivity index is 2.05. The zero-order valence-corrected chi connectivity index (χ0v) is 14.4. The van der Waals surface area contributed by atoms with Crippen molar-refractivity contribution in [3.63, 3.8) is 0 Å². The average Bonchev–Trinajstić information content (AvgIpc) is 2.67. The number of benzene rings is 1. The van der Waals surface area contributed by atoms with Crippen molar-refractivity contribution in [2.75, 3.05) is 6.26 Å². The van der Waals surface area contributed by atoms with Crippen molar-refractivity contribution in [3.8, 4) is 28.6 Å². The monoisotopic (exact) mass is 364 g/mol. The first kappa shape index (κ1) is 17.4. The van der Waals surface area contributed by atoms with E-state index in [0.717, 1.165) is 0 Å². The number of aromatic carboxylic acids is 1. The van der Waals surface area contributed by atoms with Crippen LogP contribution in [0.5, 0.6) is 0 Å². The van der Waals surface area contributed by atoms with E-state index in [1.807, 2.05) is 6.07 Å². The lowest BCUT2D eigenvalue weighted by Gasteiger charge is -2.07. The summed E-state index contributed by atoms with van der Waals surface area (Å²) < 4.78 is 0. The van der Waals surface area contributed by atoms with Crippen LogP contribution < -0.4 is 5.56 Å². The largest absolute Gasteiger partial charge is 0.477 e. The number of carboxylic acids is 1. The minimum absolute atomic E-state index is 0.0424. The molecule has 7 nitrogen and oxygen atoms in total. The Bertz CT molecular complexity index is 1080. The zero-order valence-electron chi connectivity index (χ0n) is 13.6. The van der Waals surface area contributed by atoms with Gasteiger partial charge in [-0.2, -0.15) is 5.26 Å². The van der Waals surface area contributed by atoms with E-state index < -0.39 is 11.5 Å². The summed E-state index contributed by atoms with van der Waals surface area (Å²) >= 11 is 1.27. The van der Waals surface area contributed by atoms with Crippen LogP contribution in [0.3, 0.4) is 0 Å². The van der Waals surface area contributed by atoms with Crippen molar-refractivity contribution in [1.29, 1.82) is 5.26 Å². The first-order chi connectivity index (χ1) is 12.5. The molecule has 0 radical (unpaired) electrons. The van der Waals surface area contributed by atoms with Crippen LogP contribution in [0.1, 0.15) is 16.1 Å². The fourth-order valence-corrected chi connectivity index (χ4v) is 2.75. The fourth-order valence-electron chi connectivity index (χ4n) is 2.38. The Kier molecular flexibility index (Phi) is 4.82. The number of nitrogens with one attached hydrogen (secondary N) is 1. The van der Waals surface area contributed by atoms with E-state index in [1.165, 1.54) is 17.8 Å². The molecule has 0 spiro atoms. The van der Waals surface area contributed by atoms with Gasteiger partial charge in [0, 0.05) is 11.1 Å². The molecule has 26 heavy (non-hydrogen) atoms. The van der Waals surface area contributed by atoms with Crippen molar-refractivity contribution >= 4 is 17.7 Å². The van der Waals surface area contributed by atoms with E-state index in [9.17, 15) is 14.9 Å². The van der Waals surface area contributed by atoms with Crippen molar-refractivity contribution in [2.24, 2.45) is 0 Å². The van der Waals surface area contributed by atoms with Gasteiger partial charge in [0.25, 0.3) is 5.56 Å². The molecule has 0 saturated carbocycles. The highest BCUT2D eigenvalue weighted by molar-refractivity contribution is 7.98. The predicted molar refractivity (Wildman–Crippen MR) is 97.0 cm³/mol. The van der Waals surface area contributed by atoms with Crippen LogP contribution in [0.15, 0.2) is 52.4 Å². The molecule has 0 aliphatic heterocycles. The molecule has 0 fully saturated rings. The summed E-state index contributed by atoms with van der Waals surface area (Å²) in [4.78, 5) is 34.0. The van der Waals surface area contributed by atoms with Gasteiger partial charge in [-0.05, 0) is 18.4 Å². The second kappa shape index (κ2) is 7.21. The molecule has 0 saturated heterocycles. The number of H-pyrrole nitrogens is 1. The summed E-state index contributed by atoms with van der Waals surface area (Å²) in [7, 11) is 0. The smallest absolute Gasteiger partial charge is 0.354 e. The minimum atomic E-state index is -1.10. The molecule has 2 N–H and O–H groups in total. The van der Waals surface area contributed by atoms with Gasteiger partial charge >= 0.3 is 5.97 Å². The molecule has 0 atom stereocenters. The summed E-state index contributed by atoms with van der Waals surface area (Å²) in [5.41, 5.74) is 1.56. The number of nitrogens with zero attached hydrogens (tertiary/aromatic N) is 3.